The van der Waals surface area contributed by atoms with E-state index in [-0.39, 0.29) is 123 Å². The Kier molecular flexibility index (Phi) is 37.3. The zero-order chi connectivity index (χ0) is 79.4. The molecule has 1 aliphatic heterocycles. The van der Waals surface area contributed by atoms with Gasteiger partial charge in [0.2, 0.25) is 29.5 Å². The summed E-state index contributed by atoms with van der Waals surface area (Å²) < 4.78 is 17.8. The van der Waals surface area contributed by atoms with E-state index in [9.17, 15) is 52.7 Å². The van der Waals surface area contributed by atoms with Gasteiger partial charge in [-0.25, -0.2) is 14.6 Å². The van der Waals surface area contributed by atoms with E-state index < -0.39 is 101 Å². The number of hydrogen-bond acceptors (Lipinski definition) is 18. The van der Waals surface area contributed by atoms with E-state index in [0.717, 1.165) is 17.0 Å². The molecule has 0 aliphatic carbocycles. The van der Waals surface area contributed by atoms with Gasteiger partial charge in [0.1, 0.15) is 12.4 Å². The number of nitrogens with one attached hydrogen (secondary N) is 6. The number of Topliss-reactive ketones (excluding diaryl/α,β-unsaturated/α-hetero) is 4. The van der Waals surface area contributed by atoms with Crippen LogP contribution in [0.15, 0.2) is 66.2 Å². The predicted molar refractivity (Wildman–Crippen MR) is 413 cm³/mol. The van der Waals surface area contributed by atoms with Crippen molar-refractivity contribution < 1.29 is 67.0 Å². The third kappa shape index (κ3) is 29.6. The summed E-state index contributed by atoms with van der Waals surface area (Å²) in [5.41, 5.74) is 11.3. The van der Waals surface area contributed by atoms with Crippen LogP contribution in [-0.4, -0.2) is 174 Å². The van der Waals surface area contributed by atoms with Gasteiger partial charge >= 0.3 is 12.1 Å². The van der Waals surface area contributed by atoms with Crippen molar-refractivity contribution in [1.82, 2.24) is 41.4 Å². The average Bonchev–Trinajstić information content (AvgIpc) is 1.35. The van der Waals surface area contributed by atoms with Crippen LogP contribution in [0.25, 0.3) is 0 Å². The molecule has 1 fully saturated rings. The lowest BCUT2D eigenvalue weighted by Gasteiger charge is -2.41. The number of thiazole rings is 1. The molecule has 25 nitrogen and oxygen atoms in total. The number of aromatic nitrogens is 1. The number of rotatable bonds is 46. The lowest BCUT2D eigenvalue weighted by molar-refractivity contribution is -0.149. The molecule has 3 aromatic rings. The average molecular weight is 1500 g/mol. The third-order valence-corrected chi connectivity index (χ3v) is 21.2. The topological polar surface area (TPSA) is 359 Å². The number of likely N-dealkylation sites (tertiary alicyclic amines) is 1. The van der Waals surface area contributed by atoms with Crippen molar-refractivity contribution in [3.05, 3.63) is 82.3 Å². The highest BCUT2D eigenvalue weighted by molar-refractivity contribution is 7.09. The molecule has 8 amide bonds. The quantitative estimate of drug-likeness (QED) is 0.0244. The van der Waals surface area contributed by atoms with Gasteiger partial charge in [-0.1, -0.05) is 118 Å². The molecule has 0 unspecified atom stereocenters. The van der Waals surface area contributed by atoms with Crippen molar-refractivity contribution in [1.29, 1.82) is 0 Å². The molecule has 0 spiro atoms. The van der Waals surface area contributed by atoms with E-state index in [4.69, 9.17) is 25.7 Å². The van der Waals surface area contributed by atoms with Crippen LogP contribution in [0.3, 0.4) is 0 Å². The van der Waals surface area contributed by atoms with Crippen molar-refractivity contribution in [2.75, 3.05) is 46.2 Å². The minimum atomic E-state index is -1.48. The van der Waals surface area contributed by atoms with Crippen LogP contribution in [0.4, 0.5) is 15.3 Å². The number of benzene rings is 2. The summed E-state index contributed by atoms with van der Waals surface area (Å²) in [5, 5.41) is 19.9. The number of carbonyl (C=O) groups is 11. The molecule has 0 bridgehead atoms. The monoisotopic (exact) mass is 1500 g/mol. The molecule has 1 aliphatic rings. The van der Waals surface area contributed by atoms with E-state index in [1.807, 2.05) is 105 Å². The smallest absolute Gasteiger partial charge is 0.408 e. The summed E-state index contributed by atoms with van der Waals surface area (Å²) in [5.74, 6) is -5.62. The fourth-order valence-corrected chi connectivity index (χ4v) is 14.5. The van der Waals surface area contributed by atoms with Crippen LogP contribution in [0.5, 0.6) is 0 Å². The highest BCUT2D eigenvalue weighted by Gasteiger charge is 2.45. The molecule has 1 saturated heterocycles. The Morgan fingerprint density at radius 3 is 1.98 bits per heavy atom. The van der Waals surface area contributed by atoms with Gasteiger partial charge in [0.25, 0.3) is 0 Å². The van der Waals surface area contributed by atoms with Gasteiger partial charge in [-0.2, -0.15) is 0 Å². The second kappa shape index (κ2) is 43.5. The standard InChI is InChI=1S/C80H127N11O14S/c1-19-51(6)69(64(103-17)47-67(96)91-41-26-31-61(91)70(104-18)52(7)62(92)45-56(74-84-40-42-106-74)43-53-27-21-20-22-28-53)90(16)75(100)58(49(2)3)46-65(94)80(14,15)89-77(102)105-48-54-32-34-57(35-33-54)86-72(98)55(29-25-39-85-76(82)101)44-63(93)68(50(4)5)87-73(99)59(81)30-23-24-38-83-66(95)37-36-60(88-79(11,12)13)71(97)78(8,9)10/h20-22,27-28,32-35,40,42,49-52,55-56,58-61,64,68-70,88H,19,23-26,29-31,36-39,41,43-48,81H2,1-18H3,(H,83,95)(H,86,98)(H,87,99)(H,89,102)(H3,82,85,101)/t51-,52-,55+,56+,58-,59-,60+,61-,64+,68-,69-,70+/m0/s1. The van der Waals surface area contributed by atoms with Crippen molar-refractivity contribution in [3.63, 3.8) is 0 Å². The second-order valence-corrected chi connectivity index (χ2v) is 33.0. The SMILES string of the molecule is CC[C@H](C)[C@@H]([C@@H](CC(=O)N1CCC[C@H]1[C@H](OC)[C@@H](C)C(=O)C[C@@H](Cc1ccccc1)c1nccs1)OC)N(C)C(=O)[C@@H](CC(=O)C(C)(C)NC(=O)OCc1ccc(NC(=O)[C@H](CCCNC(N)=O)CC(=O)[C@@H](NC(=O)[C@@H](N)CCCCNC(=O)CC[C@@H](NC(C)(C)C)C(=O)C(C)(C)C)C(C)C)cc1)C(C)C. The highest BCUT2D eigenvalue weighted by atomic mass is 32.1. The minimum absolute atomic E-state index is 0.0318. The van der Waals surface area contributed by atoms with Gasteiger partial charge < -0.3 is 67.4 Å². The molecule has 0 radical (unpaired) electrons. The number of ketones is 4. The molecular formula is C80H127N11O14S. The van der Waals surface area contributed by atoms with E-state index in [1.165, 1.54) is 18.4 Å². The Labute approximate surface area is 634 Å². The maximum Gasteiger partial charge on any atom is 0.408 e. The molecule has 0 saturated carbocycles. The molecular weight excluding hydrogens is 1370 g/mol. The number of alkyl carbamates (subject to hydrolysis) is 1. The Bertz CT molecular complexity index is 3320. The van der Waals surface area contributed by atoms with Crippen molar-refractivity contribution >= 4 is 81.8 Å². The number of primary amides is 1. The summed E-state index contributed by atoms with van der Waals surface area (Å²) in [6, 6.07) is 12.4. The fraction of sp³-hybridized carbons (Fsp3) is 0.675. The van der Waals surface area contributed by atoms with Gasteiger partial charge in [0.05, 0.1) is 59.4 Å². The third-order valence-electron chi connectivity index (χ3n) is 20.2. The Morgan fingerprint density at radius 1 is 0.745 bits per heavy atom. The molecule has 10 N–H and O–H groups in total. The summed E-state index contributed by atoms with van der Waals surface area (Å²) in [6.07, 6.45) is 4.32. The Balaban J connectivity index is 1.33. The molecule has 1 aromatic heterocycles. The second-order valence-electron chi connectivity index (χ2n) is 32.1. The molecule has 592 valence electrons. The highest BCUT2D eigenvalue weighted by Crippen LogP contribution is 2.35. The maximum atomic E-state index is 14.8. The molecule has 4 rings (SSSR count). The number of methoxy groups -OCH3 is 2. The molecule has 26 heteroatoms. The summed E-state index contributed by atoms with van der Waals surface area (Å²) in [7, 11) is 4.80. The van der Waals surface area contributed by atoms with Gasteiger partial charge in [0.15, 0.2) is 17.3 Å². The lowest BCUT2D eigenvalue weighted by atomic mass is 9.83. The van der Waals surface area contributed by atoms with Gasteiger partial charge in [0, 0.05) is 118 Å². The zero-order valence-corrected chi connectivity index (χ0v) is 67.3. The van der Waals surface area contributed by atoms with Crippen molar-refractivity contribution in [2.24, 2.45) is 52.4 Å². The van der Waals surface area contributed by atoms with Crippen LogP contribution >= 0.6 is 11.3 Å². The molecule has 106 heavy (non-hydrogen) atoms. The van der Waals surface area contributed by atoms with Crippen LogP contribution in [0, 0.1) is 40.9 Å². The van der Waals surface area contributed by atoms with Gasteiger partial charge in [-0.3, -0.25) is 43.2 Å². The van der Waals surface area contributed by atoms with Crippen molar-refractivity contribution in [2.45, 2.75) is 266 Å². The zero-order valence-electron chi connectivity index (χ0n) is 66.5. The molecule has 2 heterocycles. The number of ether oxygens (including phenoxy) is 3. The van der Waals surface area contributed by atoms with Crippen LogP contribution in [0.1, 0.15) is 216 Å². The number of hydrogen-bond donors (Lipinski definition) is 8. The number of unbranched alkanes of at least 4 members (excludes halogenated alkanes) is 1. The molecule has 12 atom stereocenters. The summed E-state index contributed by atoms with van der Waals surface area (Å²) in [6.45, 7) is 28.5. The van der Waals surface area contributed by atoms with E-state index in [2.05, 4.69) is 49.0 Å². The number of anilines is 1. The van der Waals surface area contributed by atoms with Crippen molar-refractivity contribution in [3.8, 4) is 0 Å². The van der Waals surface area contributed by atoms with Crippen LogP contribution in [0.2, 0.25) is 0 Å². The molecule has 2 aromatic carbocycles. The number of nitrogens with two attached hydrogens (primary N) is 2. The minimum Gasteiger partial charge on any atom is -0.445 e. The first-order valence-electron chi connectivity index (χ1n) is 37.9. The number of nitrogens with zero attached hydrogens (tertiary/aromatic N) is 3. The van der Waals surface area contributed by atoms with Crippen LogP contribution in [-0.2, 0) is 70.4 Å². The maximum absolute atomic E-state index is 14.8. The summed E-state index contributed by atoms with van der Waals surface area (Å²) >= 11 is 1.53. The fourth-order valence-electron chi connectivity index (χ4n) is 13.8. The van der Waals surface area contributed by atoms with Gasteiger partial charge in [-0.15, -0.1) is 11.3 Å². The number of urea groups is 1. The first-order chi connectivity index (χ1) is 49.7. The number of carbonyl (C=O) groups excluding carboxylic acids is 11. The van der Waals surface area contributed by atoms with Gasteiger partial charge in [-0.05, 0) is 133 Å². The number of likely N-dealkylation sites (N-methyl/N-ethyl adjacent to an activating group) is 1. The Hall–Kier alpha value is -7.52. The van der Waals surface area contributed by atoms with E-state index >= 15 is 0 Å². The first-order valence-corrected chi connectivity index (χ1v) is 38.8. The predicted octanol–water partition coefficient (Wildman–Crippen LogP) is 10.2. The van der Waals surface area contributed by atoms with E-state index in [1.54, 1.807) is 77.2 Å². The number of amides is 8. The first kappa shape index (κ1) is 90.9. The summed E-state index contributed by atoms with van der Waals surface area (Å²) in [4.78, 5) is 158. The normalized spacial score (nSPS) is 16.6. The lowest BCUT2D eigenvalue weighted by Crippen LogP contribution is -2.55. The van der Waals surface area contributed by atoms with E-state index in [0.29, 0.717) is 69.3 Å². The largest absolute Gasteiger partial charge is 0.445 e. The van der Waals surface area contributed by atoms with Crippen LogP contribution < -0.4 is 43.4 Å². The Morgan fingerprint density at radius 2 is 1.41 bits per heavy atom.